The average molecular weight is 300 g/mol. The number of hydrogen-bond donors (Lipinski definition) is 1. The molecule has 114 valence electrons. The fraction of sp³-hybridized carbons (Fsp3) is 0.429. The number of nitrogens with one attached hydrogen (secondary N) is 1. The molecule has 0 saturated heterocycles. The van der Waals surface area contributed by atoms with Gasteiger partial charge in [0.2, 0.25) is 5.91 Å². The molecule has 0 aliphatic rings. The first-order chi connectivity index (χ1) is 9.77. The smallest absolute Gasteiger partial charge is 0.382 e. The van der Waals surface area contributed by atoms with Crippen molar-refractivity contribution >= 4 is 11.6 Å². The van der Waals surface area contributed by atoms with Gasteiger partial charge in [-0.25, -0.2) is 0 Å². The Morgan fingerprint density at radius 3 is 2.67 bits per heavy atom. The van der Waals surface area contributed by atoms with Gasteiger partial charge in [0.25, 0.3) is 0 Å². The van der Waals surface area contributed by atoms with E-state index in [0.717, 1.165) is 12.1 Å². The highest BCUT2D eigenvalue weighted by molar-refractivity contribution is 5.92. The SMILES string of the molecule is COC(C)CCC(=O)Nc1ccc(C(F)(F)F)cc1C#N. The van der Waals surface area contributed by atoms with E-state index in [1.54, 1.807) is 13.0 Å². The topological polar surface area (TPSA) is 62.1 Å². The third-order valence-electron chi connectivity index (χ3n) is 2.92. The number of methoxy groups -OCH3 is 1. The fourth-order valence-electron chi connectivity index (χ4n) is 1.59. The van der Waals surface area contributed by atoms with Gasteiger partial charge in [0.1, 0.15) is 6.07 Å². The van der Waals surface area contributed by atoms with Crippen LogP contribution in [0.1, 0.15) is 30.9 Å². The summed E-state index contributed by atoms with van der Waals surface area (Å²) in [6, 6.07) is 4.28. The lowest BCUT2D eigenvalue weighted by Gasteiger charge is -2.12. The lowest BCUT2D eigenvalue weighted by Crippen LogP contribution is -2.16. The highest BCUT2D eigenvalue weighted by atomic mass is 19.4. The van der Waals surface area contributed by atoms with Crippen molar-refractivity contribution < 1.29 is 22.7 Å². The van der Waals surface area contributed by atoms with Crippen molar-refractivity contribution in [2.75, 3.05) is 12.4 Å². The van der Waals surface area contributed by atoms with E-state index in [1.165, 1.54) is 7.11 Å². The molecule has 1 aromatic carbocycles. The van der Waals surface area contributed by atoms with Crippen molar-refractivity contribution in [1.82, 2.24) is 0 Å². The third-order valence-corrected chi connectivity index (χ3v) is 2.92. The molecule has 7 heteroatoms. The number of alkyl halides is 3. The van der Waals surface area contributed by atoms with Gasteiger partial charge in [-0.3, -0.25) is 4.79 Å². The number of amides is 1. The van der Waals surface area contributed by atoms with Crippen LogP contribution in [-0.2, 0) is 15.7 Å². The number of hydrogen-bond acceptors (Lipinski definition) is 3. The molecule has 0 radical (unpaired) electrons. The van der Waals surface area contributed by atoms with Gasteiger partial charge >= 0.3 is 6.18 Å². The van der Waals surface area contributed by atoms with Crippen LogP contribution in [0.2, 0.25) is 0 Å². The highest BCUT2D eigenvalue weighted by Crippen LogP contribution is 2.31. The van der Waals surface area contributed by atoms with Crippen LogP contribution in [0.15, 0.2) is 18.2 Å². The molecule has 0 heterocycles. The normalized spacial score (nSPS) is 12.6. The van der Waals surface area contributed by atoms with Crippen molar-refractivity contribution in [2.45, 2.75) is 32.0 Å². The molecule has 1 aromatic rings. The zero-order valence-corrected chi connectivity index (χ0v) is 11.6. The monoisotopic (exact) mass is 300 g/mol. The summed E-state index contributed by atoms with van der Waals surface area (Å²) in [4.78, 5) is 11.7. The van der Waals surface area contributed by atoms with Gasteiger partial charge in [0, 0.05) is 13.5 Å². The molecule has 1 unspecified atom stereocenters. The maximum atomic E-state index is 12.5. The fourth-order valence-corrected chi connectivity index (χ4v) is 1.59. The minimum atomic E-state index is -4.53. The Bertz CT molecular complexity index is 550. The number of anilines is 1. The van der Waals surface area contributed by atoms with E-state index in [2.05, 4.69) is 5.32 Å². The molecular formula is C14H15F3N2O2. The van der Waals surface area contributed by atoms with Crippen LogP contribution in [0.3, 0.4) is 0 Å². The molecule has 0 aliphatic heterocycles. The number of rotatable bonds is 5. The number of carbonyl (C=O) groups is 1. The van der Waals surface area contributed by atoms with Crippen LogP contribution >= 0.6 is 0 Å². The number of nitrogens with zero attached hydrogens (tertiary/aromatic N) is 1. The van der Waals surface area contributed by atoms with E-state index in [4.69, 9.17) is 10.00 Å². The van der Waals surface area contributed by atoms with Crippen LogP contribution in [-0.4, -0.2) is 19.1 Å². The zero-order valence-electron chi connectivity index (χ0n) is 11.6. The largest absolute Gasteiger partial charge is 0.416 e. The molecule has 0 fully saturated rings. The van der Waals surface area contributed by atoms with Gasteiger partial charge in [0.05, 0.1) is 22.9 Å². The summed E-state index contributed by atoms with van der Waals surface area (Å²) in [6.07, 6.45) is -3.99. The van der Waals surface area contributed by atoms with Gasteiger partial charge in [-0.05, 0) is 31.5 Å². The summed E-state index contributed by atoms with van der Waals surface area (Å²) in [7, 11) is 1.52. The van der Waals surface area contributed by atoms with E-state index in [1.807, 2.05) is 0 Å². The Morgan fingerprint density at radius 1 is 1.48 bits per heavy atom. The quantitative estimate of drug-likeness (QED) is 0.907. The number of halogens is 3. The van der Waals surface area contributed by atoms with Gasteiger partial charge in [-0.1, -0.05) is 0 Å². The van der Waals surface area contributed by atoms with Crippen molar-refractivity contribution in [2.24, 2.45) is 0 Å². The summed E-state index contributed by atoms with van der Waals surface area (Å²) in [5, 5.41) is 11.3. The molecule has 1 amide bonds. The van der Waals surface area contributed by atoms with Crippen LogP contribution in [0.4, 0.5) is 18.9 Å². The van der Waals surface area contributed by atoms with Gasteiger partial charge in [-0.15, -0.1) is 0 Å². The van der Waals surface area contributed by atoms with Gasteiger partial charge < -0.3 is 10.1 Å². The summed E-state index contributed by atoms with van der Waals surface area (Å²) < 4.78 is 42.6. The molecule has 4 nitrogen and oxygen atoms in total. The van der Waals surface area contributed by atoms with Gasteiger partial charge in [0.15, 0.2) is 0 Å². The van der Waals surface area contributed by atoms with E-state index < -0.39 is 11.7 Å². The lowest BCUT2D eigenvalue weighted by molar-refractivity contribution is -0.137. The second-order valence-electron chi connectivity index (χ2n) is 4.50. The number of benzene rings is 1. The van der Waals surface area contributed by atoms with Gasteiger partial charge in [-0.2, -0.15) is 18.4 Å². The Hall–Kier alpha value is -2.07. The molecule has 21 heavy (non-hydrogen) atoms. The lowest BCUT2D eigenvalue weighted by atomic mass is 10.1. The molecule has 0 aliphatic carbocycles. The van der Waals surface area contributed by atoms with Crippen molar-refractivity contribution in [3.05, 3.63) is 29.3 Å². The van der Waals surface area contributed by atoms with Crippen molar-refractivity contribution in [3.8, 4) is 6.07 Å². The van der Waals surface area contributed by atoms with Crippen molar-refractivity contribution in [1.29, 1.82) is 5.26 Å². The molecule has 0 spiro atoms. The number of carbonyl (C=O) groups excluding carboxylic acids is 1. The van der Waals surface area contributed by atoms with Crippen LogP contribution in [0, 0.1) is 11.3 Å². The first-order valence-corrected chi connectivity index (χ1v) is 6.22. The molecule has 1 N–H and O–H groups in total. The highest BCUT2D eigenvalue weighted by Gasteiger charge is 2.31. The standard InChI is InChI=1S/C14H15F3N2O2/c1-9(21-2)3-6-13(20)19-12-5-4-11(14(15,16)17)7-10(12)8-18/h4-5,7,9H,3,6H2,1-2H3,(H,19,20). The Morgan fingerprint density at radius 2 is 2.14 bits per heavy atom. The Balaban J connectivity index is 2.80. The van der Waals surface area contributed by atoms with Crippen molar-refractivity contribution in [3.63, 3.8) is 0 Å². The second-order valence-corrected chi connectivity index (χ2v) is 4.50. The van der Waals surface area contributed by atoms with E-state index in [9.17, 15) is 18.0 Å². The average Bonchev–Trinajstić information content (AvgIpc) is 2.43. The Kier molecular flexibility index (Phi) is 5.73. The molecule has 0 bridgehead atoms. The molecule has 1 atom stereocenters. The maximum Gasteiger partial charge on any atom is 0.416 e. The van der Waals surface area contributed by atoms with E-state index in [0.29, 0.717) is 12.5 Å². The maximum absolute atomic E-state index is 12.5. The summed E-state index contributed by atoms with van der Waals surface area (Å²) in [5.74, 6) is -0.379. The zero-order chi connectivity index (χ0) is 16.0. The minimum Gasteiger partial charge on any atom is -0.382 e. The number of nitriles is 1. The van der Waals surface area contributed by atoms with Crippen LogP contribution in [0.5, 0.6) is 0 Å². The first-order valence-electron chi connectivity index (χ1n) is 6.22. The predicted octanol–water partition coefficient (Wildman–Crippen LogP) is 3.33. The second kappa shape index (κ2) is 7.09. The number of ether oxygens (including phenoxy) is 1. The first kappa shape index (κ1) is 17.0. The Labute approximate surface area is 120 Å². The predicted molar refractivity (Wildman–Crippen MR) is 70.5 cm³/mol. The molecule has 0 aromatic heterocycles. The summed E-state index contributed by atoms with van der Waals surface area (Å²) >= 11 is 0. The summed E-state index contributed by atoms with van der Waals surface area (Å²) in [6.45, 7) is 1.80. The molecule has 0 saturated carbocycles. The van der Waals surface area contributed by atoms with Crippen LogP contribution in [0.25, 0.3) is 0 Å². The molecular weight excluding hydrogens is 285 g/mol. The minimum absolute atomic E-state index is 0.0700. The van der Waals surface area contributed by atoms with E-state index in [-0.39, 0.29) is 29.7 Å². The van der Waals surface area contributed by atoms with Crippen LogP contribution < -0.4 is 5.32 Å². The van der Waals surface area contributed by atoms with E-state index >= 15 is 0 Å². The summed E-state index contributed by atoms with van der Waals surface area (Å²) in [5.41, 5.74) is -1.08. The molecule has 1 rings (SSSR count). The third kappa shape index (κ3) is 5.08.